The second kappa shape index (κ2) is 60.6. The number of carbonyl (C=O) groups excluding carboxylic acids is 1. The van der Waals surface area contributed by atoms with Gasteiger partial charge in [-0.05, 0) is 44.9 Å². The molecule has 0 saturated heterocycles. The van der Waals surface area contributed by atoms with Crippen molar-refractivity contribution in [1.82, 2.24) is 5.32 Å². The SMILES string of the molecule is CCCCCCC/C=C\C/C=C\CCCCCCCCCCCCCCCCCCCCCCCCCC(=O)NC(COP(=O)([O-])OCC[N+](C)(C)C)C(O)CCCCCCCCCCCCCCCCCCCCCCC. The maximum absolute atomic E-state index is 13.0. The van der Waals surface area contributed by atoms with Crippen LogP contribution in [0.2, 0.25) is 0 Å². The summed E-state index contributed by atoms with van der Waals surface area (Å²) < 4.78 is 23.5. The zero-order valence-corrected chi connectivity index (χ0v) is 54.0. The fourth-order valence-corrected chi connectivity index (χ4v) is 11.5. The van der Waals surface area contributed by atoms with Crippen molar-refractivity contribution >= 4 is 13.7 Å². The molecule has 3 atom stereocenters. The second-order valence-electron chi connectivity index (χ2n) is 25.2. The second-order valence-corrected chi connectivity index (χ2v) is 26.7. The normalized spacial score (nSPS) is 13.8. The van der Waals surface area contributed by atoms with E-state index in [1.54, 1.807) is 0 Å². The summed E-state index contributed by atoms with van der Waals surface area (Å²) in [6, 6.07) is -0.798. The van der Waals surface area contributed by atoms with Gasteiger partial charge in [0, 0.05) is 6.42 Å². The average Bonchev–Trinajstić information content (AvgIpc) is 3.41. The van der Waals surface area contributed by atoms with Crippen LogP contribution >= 0.6 is 7.82 Å². The molecule has 0 bridgehead atoms. The Balaban J connectivity index is 3.95. The zero-order valence-electron chi connectivity index (χ0n) is 53.2. The molecule has 0 rings (SSSR count). The van der Waals surface area contributed by atoms with Gasteiger partial charge in [0.05, 0.1) is 39.9 Å². The van der Waals surface area contributed by atoms with E-state index in [1.807, 2.05) is 21.1 Å². The van der Waals surface area contributed by atoms with E-state index >= 15 is 0 Å². The molecule has 0 aliphatic carbocycles. The van der Waals surface area contributed by atoms with Crippen LogP contribution in [0.4, 0.5) is 0 Å². The number of carbonyl (C=O) groups is 1. The number of rotatable bonds is 65. The van der Waals surface area contributed by atoms with Crippen LogP contribution in [0.15, 0.2) is 24.3 Å². The molecule has 0 heterocycles. The molecule has 0 fully saturated rings. The number of hydrogen-bond donors (Lipinski definition) is 2. The van der Waals surface area contributed by atoms with Gasteiger partial charge >= 0.3 is 0 Å². The van der Waals surface area contributed by atoms with Crippen LogP contribution in [-0.2, 0) is 18.4 Å². The molecule has 0 saturated carbocycles. The molecule has 0 aliphatic heterocycles. The highest BCUT2D eigenvalue weighted by atomic mass is 31.2. The van der Waals surface area contributed by atoms with Gasteiger partial charge in [0.1, 0.15) is 13.2 Å². The fraction of sp³-hybridized carbons (Fsp3) is 0.928. The third-order valence-corrected chi connectivity index (χ3v) is 17.2. The van der Waals surface area contributed by atoms with Gasteiger partial charge in [-0.25, -0.2) is 0 Å². The summed E-state index contributed by atoms with van der Waals surface area (Å²) >= 11 is 0. The van der Waals surface area contributed by atoms with Crippen LogP contribution in [0.25, 0.3) is 0 Å². The van der Waals surface area contributed by atoms with E-state index in [9.17, 15) is 19.4 Å². The Morgan fingerprint density at radius 1 is 0.449 bits per heavy atom. The molecule has 0 aliphatic rings. The van der Waals surface area contributed by atoms with Crippen LogP contribution in [0.1, 0.15) is 361 Å². The summed E-state index contributed by atoms with van der Waals surface area (Å²) in [5, 5.41) is 14.1. The zero-order chi connectivity index (χ0) is 57.0. The number of amides is 1. The first-order chi connectivity index (χ1) is 38.0. The maximum atomic E-state index is 13.0. The number of likely N-dealkylation sites (N-methyl/N-ethyl adjacent to an activating group) is 1. The van der Waals surface area contributed by atoms with Crippen molar-refractivity contribution in [2.45, 2.75) is 373 Å². The van der Waals surface area contributed by atoms with Gasteiger partial charge < -0.3 is 28.8 Å². The molecular formula is C69H137N2O6P. The van der Waals surface area contributed by atoms with Gasteiger partial charge in [-0.15, -0.1) is 0 Å². The number of nitrogens with zero attached hydrogens (tertiary/aromatic N) is 1. The first-order valence-corrected chi connectivity index (χ1v) is 36.1. The Morgan fingerprint density at radius 3 is 1.06 bits per heavy atom. The fourth-order valence-electron chi connectivity index (χ4n) is 10.8. The van der Waals surface area contributed by atoms with Crippen molar-refractivity contribution in [3.05, 3.63) is 24.3 Å². The molecule has 0 radical (unpaired) electrons. The molecule has 0 aromatic heterocycles. The number of aliphatic hydroxyl groups is 1. The van der Waals surface area contributed by atoms with Gasteiger partial charge in [-0.2, -0.15) is 0 Å². The molecule has 0 aromatic rings. The Hall–Kier alpha value is -1.02. The highest BCUT2D eigenvalue weighted by molar-refractivity contribution is 7.45. The van der Waals surface area contributed by atoms with Gasteiger partial charge in [0.25, 0.3) is 7.82 Å². The monoisotopic (exact) mass is 1120 g/mol. The van der Waals surface area contributed by atoms with Crippen LogP contribution in [0.5, 0.6) is 0 Å². The minimum absolute atomic E-state index is 0.0154. The lowest BCUT2D eigenvalue weighted by Gasteiger charge is -2.30. The summed E-state index contributed by atoms with van der Waals surface area (Å²) in [4.78, 5) is 25.6. The van der Waals surface area contributed by atoms with Crippen molar-refractivity contribution in [3.63, 3.8) is 0 Å². The van der Waals surface area contributed by atoms with E-state index in [0.717, 1.165) is 44.9 Å². The molecule has 464 valence electrons. The lowest BCUT2D eigenvalue weighted by molar-refractivity contribution is -0.870. The van der Waals surface area contributed by atoms with Crippen LogP contribution in [0.3, 0.4) is 0 Å². The average molecular weight is 1120 g/mol. The Kier molecular flexibility index (Phi) is 59.8. The van der Waals surface area contributed by atoms with E-state index in [4.69, 9.17) is 9.05 Å². The molecule has 8 nitrogen and oxygen atoms in total. The predicted molar refractivity (Wildman–Crippen MR) is 339 cm³/mol. The van der Waals surface area contributed by atoms with Gasteiger partial charge in [-0.3, -0.25) is 9.36 Å². The Morgan fingerprint density at radius 2 is 0.744 bits per heavy atom. The standard InChI is InChI=1S/C69H137N2O6P/c1-6-8-10-12-14-16-18-20-22-24-26-28-29-30-31-32-33-34-35-36-37-38-39-40-41-43-45-47-49-51-53-55-57-59-61-63-69(73)70-67(66-77-78(74,75)76-65-64-71(3,4)5)68(72)62-60-58-56-54-52-50-48-46-44-42-27-25-23-21-19-17-15-13-11-9-7-2/h18,20,24,26,67-68,72H,6-17,19,21-23,25,27-66H2,1-5H3,(H-,70,73,74,75)/b20-18-,26-24-. The lowest BCUT2D eigenvalue weighted by atomic mass is 10.0. The number of quaternary nitrogens is 1. The highest BCUT2D eigenvalue weighted by Crippen LogP contribution is 2.38. The molecule has 78 heavy (non-hydrogen) atoms. The van der Waals surface area contributed by atoms with E-state index < -0.39 is 20.0 Å². The first-order valence-electron chi connectivity index (χ1n) is 34.7. The van der Waals surface area contributed by atoms with Crippen molar-refractivity contribution < 1.29 is 32.9 Å². The minimum atomic E-state index is -4.58. The molecule has 3 unspecified atom stereocenters. The number of aliphatic hydroxyl groups excluding tert-OH is 1. The molecular weight excluding hydrogens is 984 g/mol. The summed E-state index contributed by atoms with van der Waals surface area (Å²) in [5.74, 6) is -0.156. The van der Waals surface area contributed by atoms with Gasteiger partial charge in [-0.1, -0.05) is 334 Å². The third-order valence-electron chi connectivity index (χ3n) is 16.2. The number of hydrogen-bond acceptors (Lipinski definition) is 6. The number of phosphoric ester groups is 1. The quantitative estimate of drug-likeness (QED) is 0.0272. The molecule has 0 spiro atoms. The first kappa shape index (κ1) is 77.0. The maximum Gasteiger partial charge on any atom is 0.268 e. The molecule has 2 N–H and O–H groups in total. The van der Waals surface area contributed by atoms with Crippen molar-refractivity contribution in [1.29, 1.82) is 0 Å². The Bertz CT molecular complexity index is 1320. The number of allylic oxidation sites excluding steroid dienone is 4. The molecule has 9 heteroatoms. The molecule has 1 amide bonds. The van der Waals surface area contributed by atoms with Crippen LogP contribution < -0.4 is 10.2 Å². The number of phosphoric acid groups is 1. The highest BCUT2D eigenvalue weighted by Gasteiger charge is 2.24. The summed E-state index contributed by atoms with van der Waals surface area (Å²) in [6.45, 7) is 4.77. The van der Waals surface area contributed by atoms with E-state index in [-0.39, 0.29) is 19.1 Å². The van der Waals surface area contributed by atoms with Gasteiger partial charge in [0.15, 0.2) is 0 Å². The molecule has 0 aromatic carbocycles. The van der Waals surface area contributed by atoms with Crippen molar-refractivity contribution in [2.24, 2.45) is 0 Å². The van der Waals surface area contributed by atoms with E-state index in [2.05, 4.69) is 43.5 Å². The van der Waals surface area contributed by atoms with Gasteiger partial charge in [0.2, 0.25) is 5.91 Å². The summed E-state index contributed by atoms with van der Waals surface area (Å²) in [5.41, 5.74) is 0. The summed E-state index contributed by atoms with van der Waals surface area (Å²) in [7, 11) is 1.33. The summed E-state index contributed by atoms with van der Waals surface area (Å²) in [6.07, 6.45) is 78.2. The third kappa shape index (κ3) is 62.6. The topological polar surface area (TPSA) is 108 Å². The number of nitrogens with one attached hydrogen (secondary N) is 1. The van der Waals surface area contributed by atoms with E-state index in [0.29, 0.717) is 23.9 Å². The largest absolute Gasteiger partial charge is 0.756 e. The van der Waals surface area contributed by atoms with Crippen molar-refractivity contribution in [2.75, 3.05) is 40.9 Å². The van der Waals surface area contributed by atoms with Crippen molar-refractivity contribution in [3.8, 4) is 0 Å². The lowest BCUT2D eigenvalue weighted by Crippen LogP contribution is -2.46. The van der Waals surface area contributed by atoms with Crippen LogP contribution in [-0.4, -0.2) is 68.5 Å². The smallest absolute Gasteiger partial charge is 0.268 e. The Labute approximate surface area is 487 Å². The minimum Gasteiger partial charge on any atom is -0.756 e. The van der Waals surface area contributed by atoms with E-state index in [1.165, 1.54) is 289 Å². The predicted octanol–water partition coefficient (Wildman–Crippen LogP) is 21.3. The number of unbranched alkanes of at least 4 members (excludes halogenated alkanes) is 48. The van der Waals surface area contributed by atoms with Crippen LogP contribution in [0, 0.1) is 0 Å².